The highest BCUT2D eigenvalue weighted by atomic mass is 32.2. The molecular formula is C20H29N3O2S. The number of rotatable bonds is 8. The zero-order chi connectivity index (χ0) is 18.2. The molecule has 1 atom stereocenters. The minimum absolute atomic E-state index is 0.0181. The monoisotopic (exact) mass is 375 g/mol. The van der Waals surface area contributed by atoms with E-state index in [0.717, 1.165) is 23.1 Å². The number of pyridine rings is 1. The van der Waals surface area contributed by atoms with Crippen LogP contribution in [0.2, 0.25) is 0 Å². The number of hydrogen-bond donors (Lipinski definition) is 1. The van der Waals surface area contributed by atoms with Gasteiger partial charge in [0.05, 0.1) is 18.2 Å². The van der Waals surface area contributed by atoms with Crippen LogP contribution in [0.15, 0.2) is 24.4 Å². The van der Waals surface area contributed by atoms with Crippen LogP contribution < -0.4 is 5.32 Å². The Hall–Kier alpha value is -1.56. The SMILES string of the molecule is O=C(NCCCSC1CCCCC1)[C@@H]1CC(=O)N(Cc2ccccn2)C1. The van der Waals surface area contributed by atoms with Crippen LogP contribution in [0, 0.1) is 5.92 Å². The average molecular weight is 376 g/mol. The summed E-state index contributed by atoms with van der Waals surface area (Å²) in [6.45, 7) is 1.70. The molecule has 142 valence electrons. The molecule has 0 aromatic carbocycles. The number of hydrogen-bond acceptors (Lipinski definition) is 4. The molecule has 3 rings (SSSR count). The Morgan fingerprint density at radius 2 is 2.12 bits per heavy atom. The van der Waals surface area contributed by atoms with E-state index < -0.39 is 0 Å². The minimum Gasteiger partial charge on any atom is -0.356 e. The molecule has 2 amide bonds. The van der Waals surface area contributed by atoms with Gasteiger partial charge in [0.1, 0.15) is 0 Å². The summed E-state index contributed by atoms with van der Waals surface area (Å²) in [6.07, 6.45) is 9.90. The first-order valence-corrected chi connectivity index (χ1v) is 10.8. The van der Waals surface area contributed by atoms with E-state index in [2.05, 4.69) is 22.1 Å². The molecule has 1 saturated carbocycles. The first-order chi connectivity index (χ1) is 12.7. The summed E-state index contributed by atoms with van der Waals surface area (Å²) >= 11 is 2.06. The zero-order valence-electron chi connectivity index (χ0n) is 15.4. The predicted octanol–water partition coefficient (Wildman–Crippen LogP) is 3.00. The number of aromatic nitrogens is 1. The van der Waals surface area contributed by atoms with Crippen LogP contribution in [-0.4, -0.2) is 45.8 Å². The van der Waals surface area contributed by atoms with Gasteiger partial charge in [-0.05, 0) is 37.1 Å². The highest BCUT2D eigenvalue weighted by Gasteiger charge is 2.34. The van der Waals surface area contributed by atoms with Gasteiger partial charge in [0.15, 0.2) is 0 Å². The van der Waals surface area contributed by atoms with Gasteiger partial charge in [0.2, 0.25) is 11.8 Å². The maximum absolute atomic E-state index is 12.3. The van der Waals surface area contributed by atoms with Gasteiger partial charge in [0, 0.05) is 31.0 Å². The summed E-state index contributed by atoms with van der Waals surface area (Å²) in [5, 5.41) is 3.85. The van der Waals surface area contributed by atoms with Gasteiger partial charge in [-0.15, -0.1) is 0 Å². The fraction of sp³-hybridized carbons (Fsp3) is 0.650. The number of carbonyl (C=O) groups excluding carboxylic acids is 2. The summed E-state index contributed by atoms with van der Waals surface area (Å²) in [4.78, 5) is 30.5. The van der Waals surface area contributed by atoms with Gasteiger partial charge >= 0.3 is 0 Å². The van der Waals surface area contributed by atoms with E-state index >= 15 is 0 Å². The fourth-order valence-corrected chi connectivity index (χ4v) is 5.01. The number of carbonyl (C=O) groups is 2. The molecule has 0 spiro atoms. The molecule has 1 saturated heterocycles. The number of likely N-dealkylation sites (tertiary alicyclic amines) is 1. The van der Waals surface area contributed by atoms with Crippen molar-refractivity contribution < 1.29 is 9.59 Å². The first-order valence-electron chi connectivity index (χ1n) is 9.79. The Labute approximate surface area is 160 Å². The van der Waals surface area contributed by atoms with Crippen molar-refractivity contribution in [2.24, 2.45) is 5.92 Å². The van der Waals surface area contributed by atoms with Crippen LogP contribution >= 0.6 is 11.8 Å². The highest BCUT2D eigenvalue weighted by Crippen LogP contribution is 2.28. The second-order valence-electron chi connectivity index (χ2n) is 7.27. The van der Waals surface area contributed by atoms with Crippen LogP contribution in [0.1, 0.15) is 50.6 Å². The molecule has 1 aromatic heterocycles. The van der Waals surface area contributed by atoms with Gasteiger partial charge in [-0.3, -0.25) is 14.6 Å². The molecule has 26 heavy (non-hydrogen) atoms. The van der Waals surface area contributed by atoms with Crippen LogP contribution in [0.25, 0.3) is 0 Å². The molecule has 2 fully saturated rings. The van der Waals surface area contributed by atoms with Crippen molar-refractivity contribution in [3.05, 3.63) is 30.1 Å². The molecule has 2 aliphatic rings. The van der Waals surface area contributed by atoms with E-state index in [1.54, 1.807) is 11.1 Å². The van der Waals surface area contributed by atoms with Crippen LogP contribution in [0.3, 0.4) is 0 Å². The van der Waals surface area contributed by atoms with Crippen molar-refractivity contribution in [1.82, 2.24) is 15.2 Å². The average Bonchev–Trinajstić information content (AvgIpc) is 3.03. The molecular weight excluding hydrogens is 346 g/mol. The van der Waals surface area contributed by atoms with E-state index in [1.165, 1.54) is 32.1 Å². The Morgan fingerprint density at radius 1 is 1.27 bits per heavy atom. The minimum atomic E-state index is -0.225. The van der Waals surface area contributed by atoms with Gasteiger partial charge < -0.3 is 10.2 Å². The Morgan fingerprint density at radius 3 is 2.88 bits per heavy atom. The molecule has 0 unspecified atom stereocenters. The molecule has 0 radical (unpaired) electrons. The lowest BCUT2D eigenvalue weighted by atomic mass is 10.0. The highest BCUT2D eigenvalue weighted by molar-refractivity contribution is 7.99. The van der Waals surface area contributed by atoms with Crippen molar-refractivity contribution in [2.45, 2.75) is 56.7 Å². The van der Waals surface area contributed by atoms with E-state index in [4.69, 9.17) is 0 Å². The number of nitrogens with one attached hydrogen (secondary N) is 1. The van der Waals surface area contributed by atoms with Gasteiger partial charge in [-0.25, -0.2) is 0 Å². The smallest absolute Gasteiger partial charge is 0.225 e. The lowest BCUT2D eigenvalue weighted by Gasteiger charge is -2.20. The molecule has 2 heterocycles. The largest absolute Gasteiger partial charge is 0.356 e. The van der Waals surface area contributed by atoms with Gasteiger partial charge in [-0.1, -0.05) is 25.3 Å². The van der Waals surface area contributed by atoms with Crippen molar-refractivity contribution in [3.63, 3.8) is 0 Å². The molecule has 0 bridgehead atoms. The third-order valence-corrected chi connectivity index (χ3v) is 6.66. The summed E-state index contributed by atoms with van der Waals surface area (Å²) in [5.74, 6) is 0.950. The van der Waals surface area contributed by atoms with Gasteiger partial charge in [0.25, 0.3) is 0 Å². The lowest BCUT2D eigenvalue weighted by molar-refractivity contribution is -0.129. The molecule has 6 heteroatoms. The summed E-state index contributed by atoms with van der Waals surface area (Å²) in [5.41, 5.74) is 0.863. The Balaban J connectivity index is 1.32. The topological polar surface area (TPSA) is 62.3 Å². The number of amides is 2. The molecule has 1 aliphatic carbocycles. The van der Waals surface area contributed by atoms with E-state index in [1.807, 2.05) is 18.2 Å². The Kier molecular flexibility index (Phi) is 7.35. The third-order valence-electron chi connectivity index (χ3n) is 5.19. The summed E-state index contributed by atoms with van der Waals surface area (Å²) < 4.78 is 0. The second-order valence-corrected chi connectivity index (χ2v) is 8.68. The fourth-order valence-electron chi connectivity index (χ4n) is 3.70. The zero-order valence-corrected chi connectivity index (χ0v) is 16.2. The summed E-state index contributed by atoms with van der Waals surface area (Å²) in [6, 6.07) is 5.68. The number of nitrogens with zero attached hydrogens (tertiary/aromatic N) is 2. The van der Waals surface area contributed by atoms with E-state index in [0.29, 0.717) is 26.1 Å². The quantitative estimate of drug-likeness (QED) is 0.710. The maximum atomic E-state index is 12.3. The Bertz CT molecular complexity index is 590. The van der Waals surface area contributed by atoms with Crippen molar-refractivity contribution >= 4 is 23.6 Å². The first kappa shape index (κ1) is 19.2. The predicted molar refractivity (Wildman–Crippen MR) is 105 cm³/mol. The summed E-state index contributed by atoms with van der Waals surface area (Å²) in [7, 11) is 0. The van der Waals surface area contributed by atoms with Crippen LogP contribution in [-0.2, 0) is 16.1 Å². The molecule has 5 nitrogen and oxygen atoms in total. The third kappa shape index (κ3) is 5.73. The lowest BCUT2D eigenvalue weighted by Crippen LogP contribution is -2.33. The second kappa shape index (κ2) is 9.95. The van der Waals surface area contributed by atoms with Crippen molar-refractivity contribution in [3.8, 4) is 0 Å². The van der Waals surface area contributed by atoms with E-state index in [9.17, 15) is 9.59 Å². The maximum Gasteiger partial charge on any atom is 0.225 e. The van der Waals surface area contributed by atoms with Crippen LogP contribution in [0.5, 0.6) is 0 Å². The van der Waals surface area contributed by atoms with Crippen molar-refractivity contribution in [2.75, 3.05) is 18.8 Å². The molecule has 1 aromatic rings. The molecule has 1 N–H and O–H groups in total. The van der Waals surface area contributed by atoms with Crippen LogP contribution in [0.4, 0.5) is 0 Å². The van der Waals surface area contributed by atoms with E-state index in [-0.39, 0.29) is 17.7 Å². The normalized spacial score (nSPS) is 21.2. The standard InChI is InChI=1S/C20H29N3O2S/c24-19-13-16(14-23(19)15-17-7-4-5-10-21-17)20(25)22-11-6-12-26-18-8-2-1-3-9-18/h4-5,7,10,16,18H,1-3,6,8-9,11-15H2,(H,22,25)/t16-/m1/s1. The van der Waals surface area contributed by atoms with Crippen molar-refractivity contribution in [1.29, 1.82) is 0 Å². The number of thioether (sulfide) groups is 1. The van der Waals surface area contributed by atoms with Gasteiger partial charge in [-0.2, -0.15) is 11.8 Å². The molecule has 1 aliphatic heterocycles.